The van der Waals surface area contributed by atoms with Crippen LogP contribution in [0.1, 0.15) is 13.8 Å². The molecule has 0 aromatic rings. The fourth-order valence-corrected chi connectivity index (χ4v) is 0.310. The van der Waals surface area contributed by atoms with Gasteiger partial charge in [-0.3, -0.25) is 0 Å². The van der Waals surface area contributed by atoms with E-state index in [2.05, 4.69) is 11.6 Å². The molecule has 0 fully saturated rings. The van der Waals surface area contributed by atoms with Crippen molar-refractivity contribution in [1.82, 2.24) is 0 Å². The Labute approximate surface area is 55.6 Å². The van der Waals surface area contributed by atoms with Crippen LogP contribution >= 0.6 is 0 Å². The molecule has 0 aliphatic carbocycles. The summed E-state index contributed by atoms with van der Waals surface area (Å²) in [6.07, 6.45) is 4.87. The van der Waals surface area contributed by atoms with Gasteiger partial charge in [-0.2, -0.15) is 0 Å². The van der Waals surface area contributed by atoms with Gasteiger partial charge in [0.1, 0.15) is 0 Å². The Kier molecular flexibility index (Phi) is 4.50. The summed E-state index contributed by atoms with van der Waals surface area (Å²) in [6, 6.07) is 0. The van der Waals surface area contributed by atoms with Gasteiger partial charge >= 0.3 is 0 Å². The van der Waals surface area contributed by atoms with Crippen molar-refractivity contribution < 1.29 is 4.74 Å². The number of hydrogen-bond donors (Lipinski definition) is 0. The lowest BCUT2D eigenvalue weighted by molar-refractivity contribution is 0.347. The van der Waals surface area contributed by atoms with Crippen molar-refractivity contribution in [2.24, 2.45) is 4.99 Å². The zero-order valence-corrected chi connectivity index (χ0v) is 5.79. The minimum atomic E-state index is 0.447. The summed E-state index contributed by atoms with van der Waals surface area (Å²) < 4.78 is 4.70. The van der Waals surface area contributed by atoms with Gasteiger partial charge in [0.2, 0.25) is 5.88 Å². The highest BCUT2D eigenvalue weighted by atomic mass is 16.5. The third-order valence-electron chi connectivity index (χ3n) is 0.587. The zero-order valence-electron chi connectivity index (χ0n) is 5.79. The third-order valence-corrected chi connectivity index (χ3v) is 0.587. The topological polar surface area (TPSA) is 21.6 Å². The molecular formula is C7H11NO. The first-order valence-corrected chi connectivity index (χ1v) is 2.94. The molecule has 0 atom stereocenters. The molecule has 0 aromatic carbocycles. The first-order chi connectivity index (χ1) is 4.39. The minimum Gasteiger partial charge on any atom is -0.447 e. The van der Waals surface area contributed by atoms with Crippen molar-refractivity contribution in [2.75, 3.05) is 0 Å². The van der Waals surface area contributed by atoms with Gasteiger partial charge in [0.15, 0.2) is 0 Å². The second-order valence-electron chi connectivity index (χ2n) is 1.12. The van der Waals surface area contributed by atoms with Gasteiger partial charge in [-0.1, -0.05) is 13.8 Å². The van der Waals surface area contributed by atoms with Crippen LogP contribution in [-0.2, 0) is 4.74 Å². The van der Waals surface area contributed by atoms with E-state index < -0.39 is 0 Å². The standard InChI is InChI=1S/C5H5NO.C2H6/c1-5-6-3-2-4-7-5;1-2/h2-4H,1H2;1-2H3. The normalized spacial score (nSPS) is 13.8. The van der Waals surface area contributed by atoms with Crippen LogP contribution in [0.5, 0.6) is 0 Å². The summed E-state index contributed by atoms with van der Waals surface area (Å²) in [4.78, 5) is 3.70. The highest BCUT2D eigenvalue weighted by molar-refractivity contribution is 5.72. The molecule has 1 aliphatic rings. The molecule has 1 aliphatic heterocycles. The van der Waals surface area contributed by atoms with Gasteiger partial charge in [0.25, 0.3) is 0 Å². The van der Waals surface area contributed by atoms with Gasteiger partial charge in [-0.15, -0.1) is 0 Å². The molecule has 2 nitrogen and oxygen atoms in total. The number of allylic oxidation sites excluding steroid dienone is 1. The second-order valence-corrected chi connectivity index (χ2v) is 1.12. The van der Waals surface area contributed by atoms with Crippen molar-refractivity contribution in [3.8, 4) is 0 Å². The molecule has 1 rings (SSSR count). The maximum absolute atomic E-state index is 4.70. The molecule has 0 saturated carbocycles. The van der Waals surface area contributed by atoms with Gasteiger partial charge < -0.3 is 4.74 Å². The molecule has 0 amide bonds. The quantitative estimate of drug-likeness (QED) is 0.485. The third kappa shape index (κ3) is 3.53. The zero-order chi connectivity index (χ0) is 7.11. The summed E-state index contributed by atoms with van der Waals surface area (Å²) >= 11 is 0. The van der Waals surface area contributed by atoms with E-state index in [1.807, 2.05) is 13.8 Å². The maximum atomic E-state index is 4.70. The number of rotatable bonds is 0. The summed E-state index contributed by atoms with van der Waals surface area (Å²) in [5.74, 6) is 0.447. The SMILES string of the molecule is C=C1N=CC=CO1.CC. The predicted molar refractivity (Wildman–Crippen MR) is 39.2 cm³/mol. The first-order valence-electron chi connectivity index (χ1n) is 2.94. The Balaban J connectivity index is 0.000000291. The van der Waals surface area contributed by atoms with Crippen LogP contribution in [0.3, 0.4) is 0 Å². The molecule has 0 aromatic heterocycles. The van der Waals surface area contributed by atoms with E-state index in [1.165, 1.54) is 6.26 Å². The Morgan fingerprint density at radius 1 is 1.56 bits per heavy atom. The van der Waals surface area contributed by atoms with Gasteiger partial charge in [0.05, 0.1) is 6.26 Å². The molecule has 0 N–H and O–H groups in total. The Hall–Kier alpha value is -1.05. The maximum Gasteiger partial charge on any atom is 0.210 e. The molecule has 0 saturated heterocycles. The predicted octanol–water partition coefficient (Wildman–Crippen LogP) is 2.10. The van der Waals surface area contributed by atoms with Crippen molar-refractivity contribution in [2.45, 2.75) is 13.8 Å². The molecule has 2 heteroatoms. The highest BCUT2D eigenvalue weighted by Gasteiger charge is 1.85. The van der Waals surface area contributed by atoms with Crippen LogP contribution in [0, 0.1) is 0 Å². The van der Waals surface area contributed by atoms with E-state index in [1.54, 1.807) is 12.3 Å². The molecule has 0 radical (unpaired) electrons. The van der Waals surface area contributed by atoms with Gasteiger partial charge in [-0.25, -0.2) is 4.99 Å². The Morgan fingerprint density at radius 2 is 2.22 bits per heavy atom. The lowest BCUT2D eigenvalue weighted by atomic mass is 10.6. The van der Waals surface area contributed by atoms with E-state index in [0.29, 0.717) is 5.88 Å². The smallest absolute Gasteiger partial charge is 0.210 e. The summed E-state index contributed by atoms with van der Waals surface area (Å²) in [7, 11) is 0. The second kappa shape index (κ2) is 5.09. The average Bonchev–Trinajstić information content (AvgIpc) is 1.94. The molecule has 0 unspecified atom stereocenters. The van der Waals surface area contributed by atoms with E-state index in [0.717, 1.165) is 0 Å². The Bertz CT molecular complexity index is 136. The number of nitrogens with zero attached hydrogens (tertiary/aromatic N) is 1. The number of aliphatic imine (C=N–C) groups is 1. The van der Waals surface area contributed by atoms with Crippen molar-refractivity contribution >= 4 is 6.21 Å². The Morgan fingerprint density at radius 3 is 2.44 bits per heavy atom. The van der Waals surface area contributed by atoms with Crippen molar-refractivity contribution in [3.05, 3.63) is 24.8 Å². The fraction of sp³-hybridized carbons (Fsp3) is 0.286. The van der Waals surface area contributed by atoms with Crippen LogP contribution in [0.4, 0.5) is 0 Å². The summed E-state index contributed by atoms with van der Waals surface area (Å²) in [5.41, 5.74) is 0. The van der Waals surface area contributed by atoms with Crippen molar-refractivity contribution in [3.63, 3.8) is 0 Å². The average molecular weight is 125 g/mol. The lowest BCUT2D eigenvalue weighted by Crippen LogP contribution is -1.83. The number of ether oxygens (including phenoxy) is 1. The van der Waals surface area contributed by atoms with Crippen LogP contribution < -0.4 is 0 Å². The molecule has 50 valence electrons. The summed E-state index contributed by atoms with van der Waals surface area (Å²) in [6.45, 7) is 7.44. The van der Waals surface area contributed by atoms with Crippen LogP contribution in [0.25, 0.3) is 0 Å². The molecule has 0 spiro atoms. The van der Waals surface area contributed by atoms with Crippen LogP contribution in [0.2, 0.25) is 0 Å². The monoisotopic (exact) mass is 125 g/mol. The molecule has 0 bridgehead atoms. The largest absolute Gasteiger partial charge is 0.447 e. The minimum absolute atomic E-state index is 0.447. The molecular weight excluding hydrogens is 114 g/mol. The van der Waals surface area contributed by atoms with E-state index >= 15 is 0 Å². The van der Waals surface area contributed by atoms with E-state index in [-0.39, 0.29) is 0 Å². The summed E-state index contributed by atoms with van der Waals surface area (Å²) in [5, 5.41) is 0. The van der Waals surface area contributed by atoms with Crippen LogP contribution in [0.15, 0.2) is 29.8 Å². The highest BCUT2D eigenvalue weighted by Crippen LogP contribution is 1.97. The first kappa shape index (κ1) is 7.95. The van der Waals surface area contributed by atoms with E-state index in [9.17, 15) is 0 Å². The van der Waals surface area contributed by atoms with Crippen LogP contribution in [-0.4, -0.2) is 6.21 Å². The van der Waals surface area contributed by atoms with Gasteiger partial charge in [-0.05, 0) is 12.7 Å². The van der Waals surface area contributed by atoms with E-state index in [4.69, 9.17) is 4.74 Å². The van der Waals surface area contributed by atoms with Crippen molar-refractivity contribution in [1.29, 1.82) is 0 Å². The fourth-order valence-electron chi connectivity index (χ4n) is 0.310. The van der Waals surface area contributed by atoms with Gasteiger partial charge in [0, 0.05) is 6.21 Å². The molecule has 1 heterocycles. The number of hydrogen-bond acceptors (Lipinski definition) is 2. The lowest BCUT2D eigenvalue weighted by Gasteiger charge is -1.97. The molecule has 9 heavy (non-hydrogen) atoms.